The van der Waals surface area contributed by atoms with Crippen molar-refractivity contribution >= 4 is 29.3 Å². The molecule has 0 spiro atoms. The Kier molecular flexibility index (Phi) is 4.15. The Hall–Kier alpha value is -1.62. The van der Waals surface area contributed by atoms with E-state index in [1.54, 1.807) is 22.3 Å². The van der Waals surface area contributed by atoms with E-state index in [1.807, 2.05) is 17.5 Å². The summed E-state index contributed by atoms with van der Waals surface area (Å²) in [5.41, 5.74) is 0. The highest BCUT2D eigenvalue weighted by Gasteiger charge is 2.28. The van der Waals surface area contributed by atoms with Crippen LogP contribution in [0.5, 0.6) is 0 Å². The molecule has 1 aromatic heterocycles. The minimum Gasteiger partial charge on any atom is -0.481 e. The van der Waals surface area contributed by atoms with Gasteiger partial charge in [0.2, 0.25) is 5.91 Å². The van der Waals surface area contributed by atoms with E-state index in [1.165, 1.54) is 6.08 Å². The molecule has 5 heteroatoms. The highest BCUT2D eigenvalue weighted by atomic mass is 32.1. The Morgan fingerprint density at radius 2 is 2.39 bits per heavy atom. The summed E-state index contributed by atoms with van der Waals surface area (Å²) in [6.07, 6.45) is 5.02. The van der Waals surface area contributed by atoms with E-state index in [0.717, 1.165) is 17.7 Å². The van der Waals surface area contributed by atoms with Crippen molar-refractivity contribution in [3.05, 3.63) is 28.5 Å². The largest absolute Gasteiger partial charge is 0.481 e. The Balaban J connectivity index is 1.97. The number of hydrogen-bond donors (Lipinski definition) is 1. The molecule has 0 bridgehead atoms. The lowest BCUT2D eigenvalue weighted by atomic mass is 10.1. The molecule has 18 heavy (non-hydrogen) atoms. The van der Waals surface area contributed by atoms with E-state index in [2.05, 4.69) is 0 Å². The van der Waals surface area contributed by atoms with Gasteiger partial charge in [0.1, 0.15) is 0 Å². The molecule has 1 unspecified atom stereocenters. The standard InChI is InChI=1S/C13H15NO3S/c15-12(6-5-11-4-2-8-18-11)14-7-1-3-10(14)9-13(16)17/h2,4-6,8,10H,1,3,7,9H2,(H,16,17). The third-order valence-corrected chi connectivity index (χ3v) is 3.84. The van der Waals surface area contributed by atoms with Crippen LogP contribution in [0.4, 0.5) is 0 Å². The minimum atomic E-state index is -0.845. The fraction of sp³-hybridized carbons (Fsp3) is 0.385. The molecule has 0 radical (unpaired) electrons. The third kappa shape index (κ3) is 3.20. The van der Waals surface area contributed by atoms with Crippen LogP contribution in [0.1, 0.15) is 24.1 Å². The summed E-state index contributed by atoms with van der Waals surface area (Å²) in [5.74, 6) is -0.936. The van der Waals surface area contributed by atoms with Crippen LogP contribution in [-0.2, 0) is 9.59 Å². The normalized spacial score (nSPS) is 19.6. The van der Waals surface area contributed by atoms with Gasteiger partial charge < -0.3 is 10.0 Å². The van der Waals surface area contributed by atoms with Gasteiger partial charge in [-0.1, -0.05) is 6.07 Å². The van der Waals surface area contributed by atoms with Crippen LogP contribution < -0.4 is 0 Å². The number of carboxylic acids is 1. The number of aliphatic carboxylic acids is 1. The van der Waals surface area contributed by atoms with Gasteiger partial charge in [-0.05, 0) is 30.4 Å². The Bertz CT molecular complexity index is 453. The van der Waals surface area contributed by atoms with Gasteiger partial charge in [0.15, 0.2) is 0 Å². The quantitative estimate of drug-likeness (QED) is 0.849. The van der Waals surface area contributed by atoms with Crippen LogP contribution in [0.25, 0.3) is 6.08 Å². The first-order valence-corrected chi connectivity index (χ1v) is 6.79. The summed E-state index contributed by atoms with van der Waals surface area (Å²) in [6.45, 7) is 0.658. The average molecular weight is 265 g/mol. The summed E-state index contributed by atoms with van der Waals surface area (Å²) in [5, 5.41) is 10.8. The molecule has 1 fully saturated rings. The summed E-state index contributed by atoms with van der Waals surface area (Å²) in [6, 6.07) is 3.72. The Labute approximate surface area is 110 Å². The number of thiophene rings is 1. The second kappa shape index (κ2) is 5.82. The minimum absolute atomic E-state index is 0.0403. The van der Waals surface area contributed by atoms with Crippen LogP contribution in [-0.4, -0.2) is 34.5 Å². The van der Waals surface area contributed by atoms with Gasteiger partial charge in [-0.25, -0.2) is 0 Å². The lowest BCUT2D eigenvalue weighted by Crippen LogP contribution is -2.35. The maximum absolute atomic E-state index is 12.0. The van der Waals surface area contributed by atoms with Crippen molar-refractivity contribution < 1.29 is 14.7 Å². The van der Waals surface area contributed by atoms with Gasteiger partial charge in [0.05, 0.1) is 6.42 Å². The SMILES string of the molecule is O=C(O)CC1CCCN1C(=O)C=Cc1cccs1. The fourth-order valence-corrected chi connectivity index (χ4v) is 2.79. The van der Waals surface area contributed by atoms with E-state index >= 15 is 0 Å². The number of carbonyl (C=O) groups is 2. The Morgan fingerprint density at radius 1 is 1.56 bits per heavy atom. The van der Waals surface area contributed by atoms with Crippen molar-refractivity contribution in [1.82, 2.24) is 4.90 Å². The summed E-state index contributed by atoms with van der Waals surface area (Å²) < 4.78 is 0. The Morgan fingerprint density at radius 3 is 3.06 bits per heavy atom. The van der Waals surface area contributed by atoms with Crippen molar-refractivity contribution in [3.8, 4) is 0 Å². The molecule has 1 aliphatic heterocycles. The van der Waals surface area contributed by atoms with E-state index in [0.29, 0.717) is 6.54 Å². The maximum atomic E-state index is 12.0. The third-order valence-electron chi connectivity index (χ3n) is 3.00. The molecule has 4 nitrogen and oxygen atoms in total. The molecule has 0 aromatic carbocycles. The first-order valence-electron chi connectivity index (χ1n) is 5.91. The van der Waals surface area contributed by atoms with Gasteiger partial charge in [0.25, 0.3) is 0 Å². The number of carbonyl (C=O) groups excluding carboxylic acids is 1. The molecule has 0 aliphatic carbocycles. The van der Waals surface area contributed by atoms with Crippen LogP contribution in [0.3, 0.4) is 0 Å². The molecule has 1 amide bonds. The van der Waals surface area contributed by atoms with Crippen LogP contribution in [0.2, 0.25) is 0 Å². The predicted molar refractivity (Wildman–Crippen MR) is 70.3 cm³/mol. The number of likely N-dealkylation sites (tertiary alicyclic amines) is 1. The van der Waals surface area contributed by atoms with Gasteiger partial charge in [-0.15, -0.1) is 11.3 Å². The molecule has 1 saturated heterocycles. The summed E-state index contributed by atoms with van der Waals surface area (Å²) in [4.78, 5) is 25.4. The number of hydrogen-bond acceptors (Lipinski definition) is 3. The molecule has 1 atom stereocenters. The fourth-order valence-electron chi connectivity index (χ4n) is 2.17. The highest BCUT2D eigenvalue weighted by molar-refractivity contribution is 7.10. The second-order valence-corrected chi connectivity index (χ2v) is 5.25. The van der Waals surface area contributed by atoms with Crippen LogP contribution in [0, 0.1) is 0 Å². The molecule has 2 heterocycles. The van der Waals surface area contributed by atoms with Gasteiger partial charge >= 0.3 is 5.97 Å². The number of rotatable bonds is 4. The van der Waals surface area contributed by atoms with Crippen molar-refractivity contribution in [1.29, 1.82) is 0 Å². The zero-order valence-electron chi connectivity index (χ0n) is 9.91. The molecule has 2 rings (SSSR count). The molecule has 0 saturated carbocycles. The predicted octanol–water partition coefficient (Wildman–Crippen LogP) is 2.23. The number of carboxylic acid groups (broad SMARTS) is 1. The first kappa shape index (κ1) is 12.8. The zero-order valence-corrected chi connectivity index (χ0v) is 10.7. The van der Waals surface area contributed by atoms with Crippen molar-refractivity contribution in [2.75, 3.05) is 6.54 Å². The molecule has 96 valence electrons. The van der Waals surface area contributed by atoms with Crippen molar-refractivity contribution in [3.63, 3.8) is 0 Å². The van der Waals surface area contributed by atoms with E-state index in [4.69, 9.17) is 5.11 Å². The van der Waals surface area contributed by atoms with E-state index in [9.17, 15) is 9.59 Å². The van der Waals surface area contributed by atoms with Gasteiger partial charge in [0, 0.05) is 23.5 Å². The van der Waals surface area contributed by atoms with Crippen LogP contribution in [0.15, 0.2) is 23.6 Å². The van der Waals surface area contributed by atoms with E-state index < -0.39 is 5.97 Å². The molecule has 1 aliphatic rings. The lowest BCUT2D eigenvalue weighted by Gasteiger charge is -2.21. The van der Waals surface area contributed by atoms with Gasteiger partial charge in [-0.3, -0.25) is 9.59 Å². The summed E-state index contributed by atoms with van der Waals surface area (Å²) in [7, 11) is 0. The number of nitrogens with zero attached hydrogens (tertiary/aromatic N) is 1. The number of amides is 1. The monoisotopic (exact) mass is 265 g/mol. The maximum Gasteiger partial charge on any atom is 0.305 e. The highest BCUT2D eigenvalue weighted by Crippen LogP contribution is 2.21. The zero-order chi connectivity index (χ0) is 13.0. The smallest absolute Gasteiger partial charge is 0.305 e. The second-order valence-electron chi connectivity index (χ2n) is 4.27. The molecular formula is C13H15NO3S. The van der Waals surface area contributed by atoms with E-state index in [-0.39, 0.29) is 18.4 Å². The lowest BCUT2D eigenvalue weighted by molar-refractivity contribution is -0.139. The molecule has 1 aromatic rings. The van der Waals surface area contributed by atoms with Crippen LogP contribution >= 0.6 is 11.3 Å². The molecular weight excluding hydrogens is 250 g/mol. The molecule has 1 N–H and O–H groups in total. The first-order chi connectivity index (χ1) is 8.66. The van der Waals surface area contributed by atoms with Crippen molar-refractivity contribution in [2.45, 2.75) is 25.3 Å². The van der Waals surface area contributed by atoms with Crippen molar-refractivity contribution in [2.24, 2.45) is 0 Å². The van der Waals surface area contributed by atoms with Gasteiger partial charge in [-0.2, -0.15) is 0 Å². The topological polar surface area (TPSA) is 57.6 Å². The summed E-state index contributed by atoms with van der Waals surface area (Å²) >= 11 is 1.57. The average Bonchev–Trinajstić information content (AvgIpc) is 2.95.